The first-order valence-electron chi connectivity index (χ1n) is 10.9. The average Bonchev–Trinajstić information content (AvgIpc) is 3.14. The second-order valence-corrected chi connectivity index (χ2v) is 8.41. The highest BCUT2D eigenvalue weighted by Gasteiger charge is 2.33. The lowest BCUT2D eigenvalue weighted by atomic mass is 9.95. The minimum atomic E-state index is -0.732. The standard InChI is InChI=1S/C25H25N3O5S/c1-5-32-18-11-10-16(13-19(18)33-6-2)22-21(24(30)31-4)15(3)27-25-28(22)23(29)20(34-25)14-17-9-7-8-12-26-17/h7-14,22H,5-6H2,1-4H3/b20-14-/t22-/m0/s1. The van der Waals surface area contributed by atoms with E-state index in [1.54, 1.807) is 31.3 Å². The van der Waals surface area contributed by atoms with Gasteiger partial charge in [-0.15, -0.1) is 0 Å². The summed E-state index contributed by atoms with van der Waals surface area (Å²) in [5.74, 6) is 0.587. The van der Waals surface area contributed by atoms with Gasteiger partial charge in [0.15, 0.2) is 16.3 Å². The predicted molar refractivity (Wildman–Crippen MR) is 129 cm³/mol. The number of carbonyl (C=O) groups excluding carboxylic acids is 1. The molecule has 176 valence electrons. The quantitative estimate of drug-likeness (QED) is 0.484. The molecular weight excluding hydrogens is 454 g/mol. The molecule has 4 rings (SSSR count). The Balaban J connectivity index is 1.96. The summed E-state index contributed by atoms with van der Waals surface area (Å²) in [5, 5.41) is 0. The zero-order valence-electron chi connectivity index (χ0n) is 19.4. The van der Waals surface area contributed by atoms with Crippen LogP contribution in [0.2, 0.25) is 0 Å². The minimum absolute atomic E-state index is 0.264. The average molecular weight is 480 g/mol. The van der Waals surface area contributed by atoms with Crippen LogP contribution in [0.15, 0.2) is 63.7 Å². The van der Waals surface area contributed by atoms with E-state index in [2.05, 4.69) is 9.98 Å². The summed E-state index contributed by atoms with van der Waals surface area (Å²) in [6.45, 7) is 6.44. The van der Waals surface area contributed by atoms with Gasteiger partial charge >= 0.3 is 5.97 Å². The van der Waals surface area contributed by atoms with Crippen molar-refractivity contribution >= 4 is 23.4 Å². The van der Waals surface area contributed by atoms with E-state index in [-0.39, 0.29) is 5.56 Å². The van der Waals surface area contributed by atoms with Crippen LogP contribution in [-0.4, -0.2) is 35.8 Å². The van der Waals surface area contributed by atoms with E-state index in [0.717, 1.165) is 0 Å². The number of carbonyl (C=O) groups is 1. The van der Waals surface area contributed by atoms with Crippen molar-refractivity contribution in [2.75, 3.05) is 20.3 Å². The number of nitrogens with zero attached hydrogens (tertiary/aromatic N) is 3. The number of rotatable bonds is 7. The van der Waals surface area contributed by atoms with E-state index in [9.17, 15) is 9.59 Å². The smallest absolute Gasteiger partial charge is 0.338 e. The normalized spacial score (nSPS) is 15.5. The number of esters is 1. The highest BCUT2D eigenvalue weighted by atomic mass is 32.1. The predicted octanol–water partition coefficient (Wildman–Crippen LogP) is 2.60. The molecule has 0 saturated heterocycles. The zero-order chi connectivity index (χ0) is 24.2. The first-order chi connectivity index (χ1) is 16.5. The summed E-state index contributed by atoms with van der Waals surface area (Å²) in [6, 6.07) is 10.2. The summed E-state index contributed by atoms with van der Waals surface area (Å²) in [7, 11) is 1.32. The molecule has 3 heterocycles. The van der Waals surface area contributed by atoms with Gasteiger partial charge in [0, 0.05) is 6.20 Å². The fourth-order valence-corrected chi connectivity index (χ4v) is 4.87. The summed E-state index contributed by atoms with van der Waals surface area (Å²) >= 11 is 1.25. The van der Waals surface area contributed by atoms with E-state index in [4.69, 9.17) is 14.2 Å². The molecule has 3 aromatic rings. The summed E-state index contributed by atoms with van der Waals surface area (Å²) in [6.07, 6.45) is 3.39. The van der Waals surface area contributed by atoms with E-state index in [1.807, 2.05) is 38.1 Å². The van der Waals surface area contributed by atoms with Gasteiger partial charge in [-0.3, -0.25) is 14.3 Å². The maximum absolute atomic E-state index is 13.6. The van der Waals surface area contributed by atoms with Crippen LogP contribution >= 0.6 is 11.3 Å². The number of hydrogen-bond donors (Lipinski definition) is 0. The third-order valence-corrected chi connectivity index (χ3v) is 6.26. The van der Waals surface area contributed by atoms with Crippen LogP contribution in [0.3, 0.4) is 0 Å². The molecular formula is C25H25N3O5S. The Labute approximate surface area is 200 Å². The summed E-state index contributed by atoms with van der Waals surface area (Å²) in [5.41, 5.74) is 1.88. The van der Waals surface area contributed by atoms with Gasteiger partial charge in [0.1, 0.15) is 0 Å². The number of benzene rings is 1. The third-order valence-electron chi connectivity index (χ3n) is 5.28. The Kier molecular flexibility index (Phi) is 6.93. The highest BCUT2D eigenvalue weighted by Crippen LogP contribution is 2.36. The largest absolute Gasteiger partial charge is 0.490 e. The highest BCUT2D eigenvalue weighted by molar-refractivity contribution is 7.07. The van der Waals surface area contributed by atoms with E-state index >= 15 is 0 Å². The minimum Gasteiger partial charge on any atom is -0.490 e. The van der Waals surface area contributed by atoms with Crippen molar-refractivity contribution in [2.24, 2.45) is 4.99 Å². The lowest BCUT2D eigenvalue weighted by Crippen LogP contribution is -2.39. The first kappa shape index (κ1) is 23.4. The fourth-order valence-electron chi connectivity index (χ4n) is 3.84. The second-order valence-electron chi connectivity index (χ2n) is 7.40. The molecule has 0 saturated carbocycles. The fraction of sp³-hybridized carbons (Fsp3) is 0.280. The van der Waals surface area contributed by atoms with Crippen LogP contribution in [0.4, 0.5) is 0 Å². The molecule has 0 fully saturated rings. The molecule has 0 N–H and O–H groups in total. The molecule has 0 aliphatic carbocycles. The van der Waals surface area contributed by atoms with E-state index in [1.165, 1.54) is 23.0 Å². The van der Waals surface area contributed by atoms with Gasteiger partial charge in [0.05, 0.1) is 47.9 Å². The van der Waals surface area contributed by atoms with Crippen LogP contribution in [0.1, 0.15) is 38.1 Å². The number of ether oxygens (including phenoxy) is 3. The molecule has 0 amide bonds. The Bertz CT molecular complexity index is 1420. The number of allylic oxidation sites excluding steroid dienone is 1. The second kappa shape index (κ2) is 10.0. The van der Waals surface area contributed by atoms with Crippen molar-refractivity contribution in [3.05, 3.63) is 84.8 Å². The number of methoxy groups -OCH3 is 1. The van der Waals surface area contributed by atoms with Gasteiger partial charge in [0.25, 0.3) is 5.56 Å². The molecule has 9 heteroatoms. The number of aromatic nitrogens is 2. The van der Waals surface area contributed by atoms with Crippen LogP contribution in [0, 0.1) is 0 Å². The van der Waals surface area contributed by atoms with Crippen LogP contribution < -0.4 is 24.4 Å². The number of thiazole rings is 1. The monoisotopic (exact) mass is 479 g/mol. The maximum atomic E-state index is 13.6. The Hall–Kier alpha value is -3.72. The Morgan fingerprint density at radius 1 is 1.15 bits per heavy atom. The summed E-state index contributed by atoms with van der Waals surface area (Å²) in [4.78, 5) is 35.7. The topological polar surface area (TPSA) is 92.0 Å². The first-order valence-corrected chi connectivity index (χ1v) is 11.7. The number of hydrogen-bond acceptors (Lipinski definition) is 8. The van der Waals surface area contributed by atoms with E-state index < -0.39 is 12.0 Å². The van der Waals surface area contributed by atoms with E-state index in [0.29, 0.717) is 56.6 Å². The van der Waals surface area contributed by atoms with Crippen molar-refractivity contribution in [1.82, 2.24) is 9.55 Å². The molecule has 1 atom stereocenters. The molecule has 8 nitrogen and oxygen atoms in total. The Morgan fingerprint density at radius 2 is 1.91 bits per heavy atom. The third kappa shape index (κ3) is 4.38. The van der Waals surface area contributed by atoms with Crippen molar-refractivity contribution in [1.29, 1.82) is 0 Å². The molecule has 0 unspecified atom stereocenters. The van der Waals surface area contributed by atoms with Crippen LogP contribution in [0.5, 0.6) is 11.5 Å². The van der Waals surface area contributed by atoms with Gasteiger partial charge in [0.2, 0.25) is 0 Å². The van der Waals surface area contributed by atoms with Crippen molar-refractivity contribution < 1.29 is 19.0 Å². The van der Waals surface area contributed by atoms with Gasteiger partial charge in [-0.25, -0.2) is 9.79 Å². The van der Waals surface area contributed by atoms with Crippen LogP contribution in [0.25, 0.3) is 6.08 Å². The van der Waals surface area contributed by atoms with Gasteiger partial charge in [-0.2, -0.15) is 0 Å². The van der Waals surface area contributed by atoms with Gasteiger partial charge in [-0.1, -0.05) is 23.5 Å². The molecule has 0 bridgehead atoms. The molecule has 1 aliphatic heterocycles. The van der Waals surface area contributed by atoms with Crippen molar-refractivity contribution in [2.45, 2.75) is 26.8 Å². The zero-order valence-corrected chi connectivity index (χ0v) is 20.2. The molecule has 34 heavy (non-hydrogen) atoms. The van der Waals surface area contributed by atoms with Crippen molar-refractivity contribution in [3.8, 4) is 11.5 Å². The van der Waals surface area contributed by atoms with Gasteiger partial charge < -0.3 is 14.2 Å². The molecule has 0 spiro atoms. The number of fused-ring (bicyclic) bond motifs is 1. The SMILES string of the molecule is CCOc1ccc([C@H]2C(C(=O)OC)=C(C)N=c3s/c(=C\c4ccccn4)c(=O)n32)cc1OCC. The van der Waals surface area contributed by atoms with Gasteiger partial charge in [-0.05, 0) is 56.7 Å². The number of pyridine rings is 1. The van der Waals surface area contributed by atoms with Crippen LogP contribution in [-0.2, 0) is 9.53 Å². The summed E-state index contributed by atoms with van der Waals surface area (Å²) < 4.78 is 18.5. The maximum Gasteiger partial charge on any atom is 0.338 e. The molecule has 1 aromatic carbocycles. The lowest BCUT2D eigenvalue weighted by molar-refractivity contribution is -0.136. The Morgan fingerprint density at radius 3 is 2.59 bits per heavy atom. The lowest BCUT2D eigenvalue weighted by Gasteiger charge is -2.25. The van der Waals surface area contributed by atoms with Crippen molar-refractivity contribution in [3.63, 3.8) is 0 Å². The molecule has 1 aliphatic rings. The molecule has 0 radical (unpaired) electrons. The molecule has 2 aromatic heterocycles.